The van der Waals surface area contributed by atoms with E-state index in [1.54, 1.807) is 6.92 Å². The molecule has 10 heavy (non-hydrogen) atoms. The zero-order valence-corrected chi connectivity index (χ0v) is 6.39. The predicted molar refractivity (Wildman–Crippen MR) is 35.6 cm³/mol. The van der Waals surface area contributed by atoms with Gasteiger partial charge in [0.05, 0.1) is 0 Å². The average molecular weight is 169 g/mol. The lowest BCUT2D eigenvalue weighted by Crippen LogP contribution is -2.53. The first-order valence-corrected chi connectivity index (χ1v) is 4.05. The van der Waals surface area contributed by atoms with Crippen LogP contribution in [-0.4, -0.2) is 14.3 Å². The van der Waals surface area contributed by atoms with Gasteiger partial charge >= 0.3 is 10.3 Å². The van der Waals surface area contributed by atoms with Crippen molar-refractivity contribution in [3.05, 3.63) is 0 Å². The molecule has 0 spiro atoms. The summed E-state index contributed by atoms with van der Waals surface area (Å²) in [5.41, 5.74) is 10.2. The molecule has 0 amide bonds. The summed E-state index contributed by atoms with van der Waals surface area (Å²) in [6.45, 7) is 1.57. The van der Waals surface area contributed by atoms with Crippen molar-refractivity contribution in [2.45, 2.75) is 19.2 Å². The molecule has 0 aromatic carbocycles. The van der Waals surface area contributed by atoms with Crippen molar-refractivity contribution in [3.63, 3.8) is 0 Å². The Hall–Kier alpha value is -0.210. The minimum atomic E-state index is -4.04. The molecular weight excluding hydrogens is 158 g/mol. The van der Waals surface area contributed by atoms with Gasteiger partial charge in [-0.15, -0.1) is 0 Å². The normalized spacial score (nSPS) is 13.6. The van der Waals surface area contributed by atoms with Crippen LogP contribution in [0, 0.1) is 0 Å². The Labute approximate surface area is 59.6 Å². The molecule has 6 N–H and O–H groups in total. The third-order valence-electron chi connectivity index (χ3n) is 0.824. The van der Waals surface area contributed by atoms with Gasteiger partial charge in [0.25, 0.3) is 0 Å². The van der Waals surface area contributed by atoms with Gasteiger partial charge < -0.3 is 0 Å². The van der Waals surface area contributed by atoms with Gasteiger partial charge in [0.15, 0.2) is 5.85 Å². The second kappa shape index (κ2) is 2.81. The Bertz CT molecular complexity index is 197. The molecule has 0 aliphatic heterocycles. The first-order chi connectivity index (χ1) is 4.27. The van der Waals surface area contributed by atoms with E-state index in [2.05, 4.69) is 9.32 Å². The van der Waals surface area contributed by atoms with Crippen molar-refractivity contribution in [2.24, 2.45) is 16.6 Å². The molecule has 7 heteroatoms. The summed E-state index contributed by atoms with van der Waals surface area (Å²) < 4.78 is 24.5. The molecule has 0 rings (SSSR count). The van der Waals surface area contributed by atoms with E-state index in [1.807, 2.05) is 0 Å². The lowest BCUT2D eigenvalue weighted by Gasteiger charge is -2.19. The Balaban J connectivity index is 4.16. The number of nitrogens with two attached hydrogens (primary N) is 3. The molecule has 0 aliphatic carbocycles. The zero-order valence-electron chi connectivity index (χ0n) is 5.57. The summed E-state index contributed by atoms with van der Waals surface area (Å²) in [5, 5.41) is 4.49. The summed E-state index contributed by atoms with van der Waals surface area (Å²) in [6, 6.07) is 0. The molecule has 0 fully saturated rings. The third-order valence-corrected chi connectivity index (χ3v) is 1.37. The van der Waals surface area contributed by atoms with Crippen molar-refractivity contribution in [1.82, 2.24) is 0 Å². The fourth-order valence-corrected chi connectivity index (χ4v) is 0.826. The summed E-state index contributed by atoms with van der Waals surface area (Å²) >= 11 is 0. The van der Waals surface area contributed by atoms with Gasteiger partial charge in [-0.2, -0.15) is 8.42 Å². The van der Waals surface area contributed by atoms with Crippen LogP contribution in [0.4, 0.5) is 0 Å². The molecular formula is C3H11N3O3S. The van der Waals surface area contributed by atoms with E-state index in [0.29, 0.717) is 0 Å². The van der Waals surface area contributed by atoms with Crippen molar-refractivity contribution >= 4 is 10.3 Å². The SMILES string of the molecule is CCC(N)(N)OS(N)(=O)=O. The Kier molecular flexibility index (Phi) is 2.75. The number of hydrogen-bond acceptors (Lipinski definition) is 5. The van der Waals surface area contributed by atoms with Gasteiger partial charge in [0.2, 0.25) is 0 Å². The molecule has 0 bridgehead atoms. The molecule has 0 unspecified atom stereocenters. The van der Waals surface area contributed by atoms with Crippen LogP contribution in [0.15, 0.2) is 0 Å². The fraction of sp³-hybridized carbons (Fsp3) is 1.00. The molecule has 0 aliphatic rings. The smallest absolute Gasteiger partial charge is 0.290 e. The van der Waals surface area contributed by atoms with Crippen LogP contribution in [0.1, 0.15) is 13.3 Å². The van der Waals surface area contributed by atoms with Gasteiger partial charge in [-0.05, 0) is 0 Å². The van der Waals surface area contributed by atoms with Crippen molar-refractivity contribution in [2.75, 3.05) is 0 Å². The topological polar surface area (TPSA) is 121 Å². The van der Waals surface area contributed by atoms with E-state index in [1.165, 1.54) is 0 Å². The van der Waals surface area contributed by atoms with Crippen LogP contribution < -0.4 is 16.6 Å². The maximum absolute atomic E-state index is 10.2. The maximum atomic E-state index is 10.2. The zero-order chi connectivity index (χ0) is 8.41. The summed E-state index contributed by atoms with van der Waals surface area (Å²) in [7, 11) is -4.04. The number of hydrogen-bond donors (Lipinski definition) is 3. The van der Waals surface area contributed by atoms with Gasteiger partial charge in [-0.1, -0.05) is 6.92 Å². The van der Waals surface area contributed by atoms with Crippen molar-refractivity contribution in [3.8, 4) is 0 Å². The molecule has 0 aromatic rings. The molecule has 0 saturated carbocycles. The monoisotopic (exact) mass is 169 g/mol. The summed E-state index contributed by atoms with van der Waals surface area (Å²) in [5.74, 6) is -1.69. The molecule has 0 heterocycles. The predicted octanol–water partition coefficient (Wildman–Crippen LogP) is -1.81. The van der Waals surface area contributed by atoms with Crippen LogP contribution in [0.3, 0.4) is 0 Å². The van der Waals surface area contributed by atoms with Crippen LogP contribution in [0.25, 0.3) is 0 Å². The van der Waals surface area contributed by atoms with Gasteiger partial charge in [0, 0.05) is 6.42 Å². The lowest BCUT2D eigenvalue weighted by molar-refractivity contribution is 0.0868. The Morgan fingerprint density at radius 3 is 2.00 bits per heavy atom. The lowest BCUT2D eigenvalue weighted by atomic mass is 10.3. The van der Waals surface area contributed by atoms with Gasteiger partial charge in [0.1, 0.15) is 0 Å². The van der Waals surface area contributed by atoms with E-state index in [0.717, 1.165) is 0 Å². The first kappa shape index (κ1) is 9.79. The van der Waals surface area contributed by atoms with Crippen LogP contribution in [0.2, 0.25) is 0 Å². The van der Waals surface area contributed by atoms with Crippen molar-refractivity contribution < 1.29 is 12.6 Å². The van der Waals surface area contributed by atoms with Gasteiger partial charge in [-0.25, -0.2) is 9.32 Å². The average Bonchev–Trinajstić information content (AvgIpc) is 1.60. The van der Waals surface area contributed by atoms with E-state index >= 15 is 0 Å². The molecule has 0 radical (unpaired) electrons. The van der Waals surface area contributed by atoms with E-state index in [9.17, 15) is 8.42 Å². The quantitative estimate of drug-likeness (QED) is 0.430. The minimum Gasteiger partial charge on any atom is -0.290 e. The molecule has 6 nitrogen and oxygen atoms in total. The van der Waals surface area contributed by atoms with E-state index in [4.69, 9.17) is 11.5 Å². The molecule has 0 aromatic heterocycles. The molecule has 62 valence electrons. The fourth-order valence-electron chi connectivity index (χ4n) is 0.275. The Morgan fingerprint density at radius 1 is 1.50 bits per heavy atom. The Morgan fingerprint density at radius 2 is 1.90 bits per heavy atom. The van der Waals surface area contributed by atoms with Gasteiger partial charge in [-0.3, -0.25) is 11.5 Å². The van der Waals surface area contributed by atoms with Crippen LogP contribution in [-0.2, 0) is 14.5 Å². The molecule has 0 saturated heterocycles. The highest BCUT2D eigenvalue weighted by Crippen LogP contribution is 2.01. The second-order valence-corrected chi connectivity index (χ2v) is 3.04. The van der Waals surface area contributed by atoms with Crippen LogP contribution >= 0.6 is 0 Å². The second-order valence-electron chi connectivity index (χ2n) is 1.88. The number of rotatable bonds is 3. The molecule has 0 atom stereocenters. The minimum absolute atomic E-state index is 0.156. The summed E-state index contributed by atoms with van der Waals surface area (Å²) in [4.78, 5) is 0. The summed E-state index contributed by atoms with van der Waals surface area (Å²) in [6.07, 6.45) is 0.156. The first-order valence-electron chi connectivity index (χ1n) is 2.58. The van der Waals surface area contributed by atoms with E-state index < -0.39 is 16.2 Å². The van der Waals surface area contributed by atoms with Crippen LogP contribution in [0.5, 0.6) is 0 Å². The highest BCUT2D eigenvalue weighted by molar-refractivity contribution is 7.84. The maximum Gasteiger partial charge on any atom is 0.336 e. The largest absolute Gasteiger partial charge is 0.336 e. The third kappa shape index (κ3) is 4.65. The highest BCUT2D eigenvalue weighted by Gasteiger charge is 2.22. The van der Waals surface area contributed by atoms with Crippen molar-refractivity contribution in [1.29, 1.82) is 0 Å². The standard InChI is InChI=1S/C3H11N3O3S/c1-2-3(4,5)9-10(6,7)8/h2,4-5H2,1H3,(H2,6,7,8). The van der Waals surface area contributed by atoms with E-state index in [-0.39, 0.29) is 6.42 Å². The highest BCUT2D eigenvalue weighted by atomic mass is 32.2.